The van der Waals surface area contributed by atoms with E-state index in [1.54, 1.807) is 11.0 Å². The standard InChI is InChI=1S/C12H16N2O3/c1-12(2)8-14(5-6-17-12)11(16)9-3-4-10(15)13-7-9/h3-4,7H,5-6,8H2,1-2H3,(H,13,15). The van der Waals surface area contributed by atoms with Gasteiger partial charge in [0, 0.05) is 25.4 Å². The lowest BCUT2D eigenvalue weighted by Gasteiger charge is -2.38. The molecule has 0 saturated carbocycles. The van der Waals surface area contributed by atoms with E-state index in [1.165, 1.54) is 12.3 Å². The molecule has 5 heteroatoms. The second-order valence-corrected chi connectivity index (χ2v) is 4.78. The number of H-pyrrole nitrogens is 1. The summed E-state index contributed by atoms with van der Waals surface area (Å²) in [5.41, 5.74) is -0.0121. The van der Waals surface area contributed by atoms with Crippen molar-refractivity contribution in [3.8, 4) is 0 Å². The fourth-order valence-electron chi connectivity index (χ4n) is 1.92. The highest BCUT2D eigenvalue weighted by molar-refractivity contribution is 5.93. The van der Waals surface area contributed by atoms with Crippen LogP contribution in [0.4, 0.5) is 0 Å². The zero-order chi connectivity index (χ0) is 12.5. The van der Waals surface area contributed by atoms with Crippen LogP contribution in [-0.4, -0.2) is 41.1 Å². The lowest BCUT2D eigenvalue weighted by atomic mass is 10.1. The Morgan fingerprint density at radius 1 is 1.47 bits per heavy atom. The Morgan fingerprint density at radius 3 is 2.82 bits per heavy atom. The molecule has 0 spiro atoms. The van der Waals surface area contributed by atoms with Gasteiger partial charge in [0.1, 0.15) is 0 Å². The van der Waals surface area contributed by atoms with E-state index in [4.69, 9.17) is 4.74 Å². The molecule has 0 radical (unpaired) electrons. The third kappa shape index (κ3) is 2.74. The maximum atomic E-state index is 12.1. The molecular weight excluding hydrogens is 220 g/mol. The molecule has 0 aliphatic carbocycles. The summed E-state index contributed by atoms with van der Waals surface area (Å²) in [6.45, 7) is 5.60. The van der Waals surface area contributed by atoms with Gasteiger partial charge in [-0.25, -0.2) is 0 Å². The van der Waals surface area contributed by atoms with E-state index in [1.807, 2.05) is 13.8 Å². The molecule has 0 atom stereocenters. The first kappa shape index (κ1) is 11.9. The monoisotopic (exact) mass is 236 g/mol. The number of hydrogen-bond acceptors (Lipinski definition) is 3. The molecule has 0 bridgehead atoms. The number of nitrogens with zero attached hydrogens (tertiary/aromatic N) is 1. The molecule has 1 aliphatic heterocycles. The lowest BCUT2D eigenvalue weighted by Crippen LogP contribution is -2.50. The molecule has 1 saturated heterocycles. The van der Waals surface area contributed by atoms with Crippen LogP contribution in [0, 0.1) is 0 Å². The molecule has 1 aliphatic rings. The van der Waals surface area contributed by atoms with Gasteiger partial charge in [-0.05, 0) is 19.9 Å². The van der Waals surface area contributed by atoms with E-state index in [2.05, 4.69) is 4.98 Å². The highest BCUT2D eigenvalue weighted by Gasteiger charge is 2.30. The van der Waals surface area contributed by atoms with Crippen molar-refractivity contribution in [2.24, 2.45) is 0 Å². The summed E-state index contributed by atoms with van der Waals surface area (Å²) in [5.74, 6) is -0.0716. The Balaban J connectivity index is 2.15. The maximum absolute atomic E-state index is 12.1. The molecule has 1 aromatic rings. The number of carbonyl (C=O) groups is 1. The van der Waals surface area contributed by atoms with Crippen LogP contribution in [0.3, 0.4) is 0 Å². The Morgan fingerprint density at radius 2 is 2.24 bits per heavy atom. The quantitative estimate of drug-likeness (QED) is 0.777. The van der Waals surface area contributed by atoms with E-state index in [0.717, 1.165) is 0 Å². The SMILES string of the molecule is CC1(C)CN(C(=O)c2ccc(=O)[nH]c2)CCO1. The van der Waals surface area contributed by atoms with E-state index >= 15 is 0 Å². The molecule has 1 fully saturated rings. The van der Waals surface area contributed by atoms with Crippen molar-refractivity contribution in [3.05, 3.63) is 34.2 Å². The molecule has 1 aromatic heterocycles. The van der Waals surface area contributed by atoms with Gasteiger partial charge in [-0.3, -0.25) is 9.59 Å². The minimum Gasteiger partial charge on any atom is -0.372 e. The number of aromatic amines is 1. The Hall–Kier alpha value is -1.62. The van der Waals surface area contributed by atoms with Crippen LogP contribution in [0.2, 0.25) is 0 Å². The summed E-state index contributed by atoms with van der Waals surface area (Å²) in [5, 5.41) is 0. The Labute approximate surface area is 99.4 Å². The zero-order valence-corrected chi connectivity index (χ0v) is 10.0. The topological polar surface area (TPSA) is 62.4 Å². The molecule has 0 aromatic carbocycles. The second-order valence-electron chi connectivity index (χ2n) is 4.78. The van der Waals surface area contributed by atoms with Crippen molar-refractivity contribution in [1.82, 2.24) is 9.88 Å². The van der Waals surface area contributed by atoms with E-state index in [9.17, 15) is 9.59 Å². The molecule has 0 unspecified atom stereocenters. The fraction of sp³-hybridized carbons (Fsp3) is 0.500. The minimum atomic E-state index is -0.309. The summed E-state index contributed by atoms with van der Waals surface area (Å²) < 4.78 is 5.55. The third-order valence-electron chi connectivity index (χ3n) is 2.74. The van der Waals surface area contributed by atoms with E-state index < -0.39 is 0 Å². The molecule has 2 heterocycles. The number of amides is 1. The highest BCUT2D eigenvalue weighted by atomic mass is 16.5. The van der Waals surface area contributed by atoms with Crippen LogP contribution >= 0.6 is 0 Å². The van der Waals surface area contributed by atoms with E-state index in [0.29, 0.717) is 25.3 Å². The van der Waals surface area contributed by atoms with Gasteiger partial charge in [-0.1, -0.05) is 0 Å². The van der Waals surface area contributed by atoms with Crippen molar-refractivity contribution >= 4 is 5.91 Å². The first-order chi connectivity index (χ1) is 7.98. The normalized spacial score (nSPS) is 19.1. The Kier molecular flexibility index (Phi) is 3.02. The molecular formula is C12H16N2O3. The van der Waals surface area contributed by atoms with Crippen LogP contribution in [-0.2, 0) is 4.74 Å². The maximum Gasteiger partial charge on any atom is 0.255 e. The van der Waals surface area contributed by atoms with Crippen molar-refractivity contribution < 1.29 is 9.53 Å². The lowest BCUT2D eigenvalue weighted by molar-refractivity contribution is -0.0764. The summed E-state index contributed by atoms with van der Waals surface area (Å²) in [4.78, 5) is 27.3. The number of morpholine rings is 1. The van der Waals surface area contributed by atoms with Crippen molar-refractivity contribution in [3.63, 3.8) is 0 Å². The number of ether oxygens (including phenoxy) is 1. The molecule has 92 valence electrons. The predicted octanol–water partition coefficient (Wildman–Crippen LogP) is 0.626. The van der Waals surface area contributed by atoms with Crippen LogP contribution in [0.5, 0.6) is 0 Å². The van der Waals surface area contributed by atoms with Gasteiger partial charge < -0.3 is 14.6 Å². The average molecular weight is 236 g/mol. The van der Waals surface area contributed by atoms with Crippen LogP contribution in [0.1, 0.15) is 24.2 Å². The van der Waals surface area contributed by atoms with Crippen molar-refractivity contribution in [1.29, 1.82) is 0 Å². The summed E-state index contributed by atoms with van der Waals surface area (Å²) >= 11 is 0. The number of aromatic nitrogens is 1. The van der Waals surface area contributed by atoms with Gasteiger partial charge in [0.15, 0.2) is 0 Å². The predicted molar refractivity (Wildman–Crippen MR) is 63.0 cm³/mol. The number of pyridine rings is 1. The smallest absolute Gasteiger partial charge is 0.255 e. The first-order valence-electron chi connectivity index (χ1n) is 5.60. The summed E-state index contributed by atoms with van der Waals surface area (Å²) in [6, 6.07) is 2.91. The van der Waals surface area contributed by atoms with Gasteiger partial charge in [0.25, 0.3) is 5.91 Å². The second kappa shape index (κ2) is 4.33. The van der Waals surface area contributed by atoms with Gasteiger partial charge >= 0.3 is 0 Å². The summed E-state index contributed by atoms with van der Waals surface area (Å²) in [7, 11) is 0. The largest absolute Gasteiger partial charge is 0.372 e. The number of carbonyl (C=O) groups excluding carboxylic acids is 1. The van der Waals surface area contributed by atoms with Gasteiger partial charge in [-0.15, -0.1) is 0 Å². The third-order valence-corrected chi connectivity index (χ3v) is 2.74. The van der Waals surface area contributed by atoms with Crippen LogP contribution in [0.25, 0.3) is 0 Å². The molecule has 17 heavy (non-hydrogen) atoms. The number of hydrogen-bond donors (Lipinski definition) is 1. The van der Waals surface area contributed by atoms with Gasteiger partial charge in [0.05, 0.1) is 17.8 Å². The minimum absolute atomic E-state index is 0.0716. The number of nitrogens with one attached hydrogen (secondary N) is 1. The van der Waals surface area contributed by atoms with E-state index in [-0.39, 0.29) is 17.1 Å². The first-order valence-corrected chi connectivity index (χ1v) is 5.60. The van der Waals surface area contributed by atoms with Gasteiger partial charge in [-0.2, -0.15) is 0 Å². The highest BCUT2D eigenvalue weighted by Crippen LogP contribution is 2.17. The molecule has 1 amide bonds. The average Bonchev–Trinajstić information content (AvgIpc) is 2.28. The molecule has 2 rings (SSSR count). The zero-order valence-electron chi connectivity index (χ0n) is 10.0. The fourth-order valence-corrected chi connectivity index (χ4v) is 1.92. The molecule has 1 N–H and O–H groups in total. The van der Waals surface area contributed by atoms with Gasteiger partial charge in [0.2, 0.25) is 5.56 Å². The van der Waals surface area contributed by atoms with Crippen molar-refractivity contribution in [2.45, 2.75) is 19.4 Å². The van der Waals surface area contributed by atoms with Crippen LogP contribution < -0.4 is 5.56 Å². The van der Waals surface area contributed by atoms with Crippen molar-refractivity contribution in [2.75, 3.05) is 19.7 Å². The van der Waals surface area contributed by atoms with Crippen LogP contribution in [0.15, 0.2) is 23.1 Å². The Bertz CT molecular complexity index is 458. The number of rotatable bonds is 1. The summed E-state index contributed by atoms with van der Waals surface area (Å²) in [6.07, 6.45) is 1.45. The molecule has 5 nitrogen and oxygen atoms in total.